The van der Waals surface area contributed by atoms with Gasteiger partial charge in [0, 0.05) is 5.02 Å². The number of alkyl halides is 1. The second-order valence-electron chi connectivity index (χ2n) is 3.28. The molecule has 14 heavy (non-hydrogen) atoms. The van der Waals surface area contributed by atoms with Crippen molar-refractivity contribution in [1.29, 1.82) is 0 Å². The number of benzene rings is 1. The zero-order chi connectivity index (χ0) is 10.8. The van der Waals surface area contributed by atoms with Crippen LogP contribution in [-0.4, -0.2) is 11.1 Å². The Morgan fingerprint density at radius 1 is 1.64 bits per heavy atom. The fourth-order valence-corrected chi connectivity index (χ4v) is 1.39. The molecule has 76 valence electrons. The van der Waals surface area contributed by atoms with Gasteiger partial charge in [-0.25, -0.2) is 4.39 Å². The minimum Gasteiger partial charge on any atom is -0.481 e. The van der Waals surface area contributed by atoms with Gasteiger partial charge >= 0.3 is 5.97 Å². The highest BCUT2D eigenvalue weighted by Crippen LogP contribution is 2.30. The number of aliphatic carboxylic acids is 1. The molecular formula is C10H10ClFO2. The third-order valence-electron chi connectivity index (χ3n) is 1.91. The Morgan fingerprint density at radius 2 is 2.29 bits per heavy atom. The summed E-state index contributed by atoms with van der Waals surface area (Å²) >= 11 is 5.67. The molecule has 1 atom stereocenters. The van der Waals surface area contributed by atoms with E-state index in [9.17, 15) is 9.18 Å². The molecule has 0 radical (unpaired) electrons. The Hall–Kier alpha value is -1.09. The molecule has 1 rings (SSSR count). The Kier molecular flexibility index (Phi) is 3.11. The summed E-state index contributed by atoms with van der Waals surface area (Å²) in [4.78, 5) is 10.4. The van der Waals surface area contributed by atoms with E-state index in [0.717, 1.165) is 0 Å². The molecule has 0 saturated carbocycles. The van der Waals surface area contributed by atoms with Crippen LogP contribution in [0.25, 0.3) is 0 Å². The van der Waals surface area contributed by atoms with Gasteiger partial charge < -0.3 is 5.11 Å². The molecule has 0 aliphatic rings. The van der Waals surface area contributed by atoms with Crippen molar-refractivity contribution in [3.63, 3.8) is 0 Å². The largest absolute Gasteiger partial charge is 0.481 e. The van der Waals surface area contributed by atoms with Crippen molar-refractivity contribution in [1.82, 2.24) is 0 Å². The Bertz CT molecular complexity index is 350. The zero-order valence-electron chi connectivity index (χ0n) is 7.63. The first-order valence-corrected chi connectivity index (χ1v) is 4.46. The van der Waals surface area contributed by atoms with Crippen molar-refractivity contribution in [2.24, 2.45) is 0 Å². The van der Waals surface area contributed by atoms with E-state index >= 15 is 0 Å². The molecule has 0 amide bonds. The molecular weight excluding hydrogens is 207 g/mol. The highest BCUT2D eigenvalue weighted by Gasteiger charge is 2.29. The van der Waals surface area contributed by atoms with Gasteiger partial charge in [0.25, 0.3) is 0 Å². The zero-order valence-corrected chi connectivity index (χ0v) is 8.38. The van der Waals surface area contributed by atoms with Crippen LogP contribution in [0.5, 0.6) is 0 Å². The molecule has 0 aliphatic carbocycles. The Labute approximate surface area is 86.3 Å². The molecule has 2 nitrogen and oxygen atoms in total. The average molecular weight is 217 g/mol. The quantitative estimate of drug-likeness (QED) is 0.844. The number of carboxylic acids is 1. The number of rotatable bonds is 3. The predicted octanol–water partition coefficient (Wildman–Crippen LogP) is 3.00. The second-order valence-corrected chi connectivity index (χ2v) is 3.71. The standard InChI is InChI=1S/C10H10ClFO2/c1-10(12,6-9(13)14)7-3-2-4-8(11)5-7/h2-5H,6H2,1H3,(H,13,14). The van der Waals surface area contributed by atoms with E-state index in [1.54, 1.807) is 12.1 Å². The van der Waals surface area contributed by atoms with E-state index in [1.807, 2.05) is 0 Å². The third-order valence-corrected chi connectivity index (χ3v) is 2.14. The van der Waals surface area contributed by atoms with Crippen molar-refractivity contribution < 1.29 is 14.3 Å². The fourth-order valence-electron chi connectivity index (χ4n) is 1.20. The van der Waals surface area contributed by atoms with Gasteiger partial charge in [0.1, 0.15) is 5.67 Å². The molecule has 0 aliphatic heterocycles. The van der Waals surface area contributed by atoms with E-state index in [2.05, 4.69) is 0 Å². The van der Waals surface area contributed by atoms with Crippen LogP contribution in [0.3, 0.4) is 0 Å². The van der Waals surface area contributed by atoms with Crippen LogP contribution in [0.1, 0.15) is 18.9 Å². The van der Waals surface area contributed by atoms with Gasteiger partial charge in [0.15, 0.2) is 0 Å². The SMILES string of the molecule is CC(F)(CC(=O)O)c1cccc(Cl)c1. The molecule has 1 aromatic rings. The van der Waals surface area contributed by atoms with E-state index < -0.39 is 18.1 Å². The van der Waals surface area contributed by atoms with Crippen LogP contribution < -0.4 is 0 Å². The van der Waals surface area contributed by atoms with Crippen LogP contribution in [-0.2, 0) is 10.5 Å². The van der Waals surface area contributed by atoms with Crippen LogP contribution in [0.4, 0.5) is 4.39 Å². The molecule has 1 aromatic carbocycles. The molecule has 0 heterocycles. The molecule has 4 heteroatoms. The number of halogens is 2. The summed E-state index contributed by atoms with van der Waals surface area (Å²) in [6.45, 7) is 1.23. The van der Waals surface area contributed by atoms with Crippen LogP contribution in [0.2, 0.25) is 5.02 Å². The second kappa shape index (κ2) is 3.96. The van der Waals surface area contributed by atoms with E-state index in [4.69, 9.17) is 16.7 Å². The maximum atomic E-state index is 13.8. The van der Waals surface area contributed by atoms with Gasteiger partial charge in [-0.15, -0.1) is 0 Å². The fraction of sp³-hybridized carbons (Fsp3) is 0.300. The third kappa shape index (κ3) is 2.70. The van der Waals surface area contributed by atoms with Crippen molar-refractivity contribution in [2.45, 2.75) is 19.0 Å². The topological polar surface area (TPSA) is 37.3 Å². The normalized spacial score (nSPS) is 14.8. The number of hydrogen-bond acceptors (Lipinski definition) is 1. The summed E-state index contributed by atoms with van der Waals surface area (Å²) in [7, 11) is 0. The van der Waals surface area contributed by atoms with E-state index in [0.29, 0.717) is 5.02 Å². The summed E-state index contributed by atoms with van der Waals surface area (Å²) < 4.78 is 13.8. The maximum absolute atomic E-state index is 13.8. The lowest BCUT2D eigenvalue weighted by Crippen LogP contribution is -2.19. The van der Waals surface area contributed by atoms with E-state index in [-0.39, 0.29) is 5.56 Å². The van der Waals surface area contributed by atoms with Crippen LogP contribution in [0.15, 0.2) is 24.3 Å². The minimum absolute atomic E-state index is 0.285. The van der Waals surface area contributed by atoms with Gasteiger partial charge in [-0.3, -0.25) is 4.79 Å². The first-order chi connectivity index (χ1) is 6.42. The van der Waals surface area contributed by atoms with Gasteiger partial charge in [-0.2, -0.15) is 0 Å². The lowest BCUT2D eigenvalue weighted by molar-refractivity contribution is -0.140. The first kappa shape index (κ1) is 11.0. The Morgan fingerprint density at radius 3 is 2.79 bits per heavy atom. The number of carbonyl (C=O) groups is 1. The van der Waals surface area contributed by atoms with E-state index in [1.165, 1.54) is 19.1 Å². The Balaban J connectivity index is 2.97. The minimum atomic E-state index is -1.88. The first-order valence-electron chi connectivity index (χ1n) is 4.08. The lowest BCUT2D eigenvalue weighted by Gasteiger charge is -2.18. The van der Waals surface area contributed by atoms with Gasteiger partial charge in [0.05, 0.1) is 6.42 Å². The molecule has 0 spiro atoms. The van der Waals surface area contributed by atoms with Gasteiger partial charge in [-0.1, -0.05) is 23.7 Å². The average Bonchev–Trinajstić information content (AvgIpc) is 2.01. The highest BCUT2D eigenvalue weighted by atomic mass is 35.5. The summed E-state index contributed by atoms with van der Waals surface area (Å²) in [5.74, 6) is -1.17. The molecule has 1 N–H and O–H groups in total. The lowest BCUT2D eigenvalue weighted by atomic mass is 9.95. The van der Waals surface area contributed by atoms with Crippen molar-refractivity contribution in [3.05, 3.63) is 34.9 Å². The summed E-state index contributed by atoms with van der Waals surface area (Å²) in [5, 5.41) is 8.91. The van der Waals surface area contributed by atoms with Crippen molar-refractivity contribution >= 4 is 17.6 Å². The molecule has 0 bridgehead atoms. The summed E-state index contributed by atoms with van der Waals surface area (Å²) in [5.41, 5.74) is -1.59. The number of hydrogen-bond donors (Lipinski definition) is 1. The molecule has 1 unspecified atom stereocenters. The monoisotopic (exact) mass is 216 g/mol. The van der Waals surface area contributed by atoms with Gasteiger partial charge in [-0.05, 0) is 24.6 Å². The smallest absolute Gasteiger partial charge is 0.306 e. The van der Waals surface area contributed by atoms with Crippen molar-refractivity contribution in [3.8, 4) is 0 Å². The van der Waals surface area contributed by atoms with Gasteiger partial charge in [0.2, 0.25) is 0 Å². The highest BCUT2D eigenvalue weighted by molar-refractivity contribution is 6.30. The van der Waals surface area contributed by atoms with Crippen molar-refractivity contribution in [2.75, 3.05) is 0 Å². The maximum Gasteiger partial charge on any atom is 0.306 e. The predicted molar refractivity (Wildman–Crippen MR) is 52.2 cm³/mol. The van der Waals surface area contributed by atoms with Crippen LogP contribution >= 0.6 is 11.6 Å². The number of carboxylic acid groups (broad SMARTS) is 1. The molecule has 0 aromatic heterocycles. The summed E-state index contributed by atoms with van der Waals surface area (Å²) in [6.07, 6.45) is -0.562. The molecule has 0 saturated heterocycles. The van der Waals surface area contributed by atoms with Crippen LogP contribution in [0, 0.1) is 0 Å². The summed E-state index contributed by atoms with van der Waals surface area (Å²) in [6, 6.07) is 6.17. The molecule has 0 fully saturated rings.